The van der Waals surface area contributed by atoms with Crippen LogP contribution in [0.15, 0.2) is 0 Å². The molecule has 0 saturated carbocycles. The molecule has 4 nitrogen and oxygen atoms in total. The Morgan fingerprint density at radius 2 is 1.40 bits per heavy atom. The number of hydrogen-bond donors (Lipinski definition) is 1. The van der Waals surface area contributed by atoms with Crippen molar-refractivity contribution in [1.82, 2.24) is 4.90 Å². The molecule has 0 aromatic heterocycles. The molecule has 5 heteroatoms. The molecular weight excluding hydrogens is 281 g/mol. The fourth-order valence-electron chi connectivity index (χ4n) is 2.07. The van der Waals surface area contributed by atoms with Crippen LogP contribution in [0.4, 0.5) is 0 Å². The quantitative estimate of drug-likeness (QED) is 0.423. The fourth-order valence-corrected chi connectivity index (χ4v) is 2.07. The van der Waals surface area contributed by atoms with Gasteiger partial charge in [-0.25, -0.2) is 0 Å². The van der Waals surface area contributed by atoms with E-state index in [1.165, 1.54) is 49.8 Å². The molecule has 0 bridgehead atoms. The van der Waals surface area contributed by atoms with Crippen LogP contribution in [0.25, 0.3) is 0 Å². The first kappa shape index (κ1) is 22.9. The summed E-state index contributed by atoms with van der Waals surface area (Å²) in [5.74, 6) is -1.02. The minimum atomic E-state index is -0.956. The largest absolute Gasteiger partial charge is 1.00 e. The zero-order valence-corrected chi connectivity index (χ0v) is 16.6. The number of carbonyl (C=O) groups excluding carboxylic acids is 1. The second-order valence-electron chi connectivity index (χ2n) is 5.22. The normalized spacial score (nSPS) is 9.90. The first-order valence-corrected chi connectivity index (χ1v) is 7.53. The van der Waals surface area contributed by atoms with Crippen molar-refractivity contribution in [2.45, 2.75) is 71.1 Å². The Balaban J connectivity index is -0.00000162. The maximum Gasteiger partial charge on any atom is 1.00 e. The second kappa shape index (κ2) is 16.0. The molecule has 0 spiro atoms. The van der Waals surface area contributed by atoms with Gasteiger partial charge in [0.25, 0.3) is 0 Å². The van der Waals surface area contributed by atoms with E-state index in [1.807, 2.05) is 0 Å². The number of amides is 1. The molecular formula is C15H30KNO3. The summed E-state index contributed by atoms with van der Waals surface area (Å²) in [6.45, 7) is 2.02. The molecule has 1 amide bonds. The van der Waals surface area contributed by atoms with Crippen LogP contribution in [0.5, 0.6) is 0 Å². The first-order chi connectivity index (χ1) is 9.07. The fraction of sp³-hybridized carbons (Fsp3) is 0.867. The predicted molar refractivity (Wildman–Crippen MR) is 78.2 cm³/mol. The van der Waals surface area contributed by atoms with Crippen LogP contribution in [0.1, 0.15) is 72.6 Å². The summed E-state index contributed by atoms with van der Waals surface area (Å²) in [6.07, 6.45) is 11.4. The molecule has 114 valence electrons. The summed E-state index contributed by atoms with van der Waals surface area (Å²) in [5.41, 5.74) is 0. The molecule has 0 aliphatic heterocycles. The molecule has 0 radical (unpaired) electrons. The molecule has 0 heterocycles. The zero-order valence-electron chi connectivity index (χ0n) is 14.5. The molecule has 20 heavy (non-hydrogen) atoms. The molecule has 0 aliphatic carbocycles. The predicted octanol–water partition coefficient (Wildman–Crippen LogP) is 0.567. The van der Waals surface area contributed by atoms with Crippen LogP contribution < -0.4 is 51.4 Å². The van der Waals surface area contributed by atoms with Gasteiger partial charge in [0.05, 0.1) is 0 Å². The first-order valence-electron chi connectivity index (χ1n) is 7.53. The maximum atomic E-state index is 11.5. The molecule has 0 unspecified atom stereocenters. The Kier molecular flexibility index (Phi) is 18.2. The minimum Gasteiger partial charge on any atom is -1.00 e. The number of rotatable bonds is 12. The Bertz CT molecular complexity index is 265. The Morgan fingerprint density at radius 3 is 1.85 bits per heavy atom. The number of carboxylic acid groups (broad SMARTS) is 1. The molecule has 0 fully saturated rings. The van der Waals surface area contributed by atoms with Gasteiger partial charge in [0.1, 0.15) is 6.54 Å². The summed E-state index contributed by atoms with van der Waals surface area (Å²) < 4.78 is 0. The number of carboxylic acids is 1. The van der Waals surface area contributed by atoms with E-state index in [9.17, 15) is 9.59 Å². The molecule has 0 aromatic rings. The zero-order chi connectivity index (χ0) is 14.5. The standard InChI is InChI=1S/C15H29NO3.K.H/c1-3-4-5-6-7-8-9-10-11-12-14(17)16(2)13-15(18)19;;/h3-13H2,1-2H3,(H,18,19);;/q;+1;-1. The van der Waals surface area contributed by atoms with E-state index in [2.05, 4.69) is 6.92 Å². The Labute approximate surface area is 167 Å². The number of nitrogens with zero attached hydrogens (tertiary/aromatic N) is 1. The van der Waals surface area contributed by atoms with Gasteiger partial charge < -0.3 is 11.4 Å². The van der Waals surface area contributed by atoms with Crippen LogP contribution in [0.3, 0.4) is 0 Å². The van der Waals surface area contributed by atoms with Crippen molar-refractivity contribution in [2.24, 2.45) is 0 Å². The summed E-state index contributed by atoms with van der Waals surface area (Å²) in [5, 5.41) is 8.57. The van der Waals surface area contributed by atoms with Gasteiger partial charge in [-0.05, 0) is 6.42 Å². The number of likely N-dealkylation sites (N-methyl/N-ethyl adjacent to an activating group) is 1. The number of hydrogen-bond acceptors (Lipinski definition) is 2. The van der Waals surface area contributed by atoms with Crippen LogP contribution >= 0.6 is 0 Å². The summed E-state index contributed by atoms with van der Waals surface area (Å²) in [4.78, 5) is 23.3. The van der Waals surface area contributed by atoms with E-state index >= 15 is 0 Å². The Hall–Kier alpha value is 0.576. The smallest absolute Gasteiger partial charge is 1.00 e. The van der Waals surface area contributed by atoms with Crippen LogP contribution in [-0.4, -0.2) is 35.5 Å². The van der Waals surface area contributed by atoms with Crippen molar-refractivity contribution in [3.05, 3.63) is 0 Å². The van der Waals surface area contributed by atoms with Gasteiger partial charge in [0, 0.05) is 13.5 Å². The van der Waals surface area contributed by atoms with Gasteiger partial charge in [-0.15, -0.1) is 0 Å². The van der Waals surface area contributed by atoms with Crippen LogP contribution in [0, 0.1) is 0 Å². The van der Waals surface area contributed by atoms with E-state index in [0.29, 0.717) is 6.42 Å². The average Bonchev–Trinajstić information content (AvgIpc) is 2.35. The van der Waals surface area contributed by atoms with Gasteiger partial charge in [-0.2, -0.15) is 0 Å². The maximum absolute atomic E-state index is 11.5. The van der Waals surface area contributed by atoms with Gasteiger partial charge in [0.2, 0.25) is 5.91 Å². The van der Waals surface area contributed by atoms with Crippen LogP contribution in [0.2, 0.25) is 0 Å². The topological polar surface area (TPSA) is 57.6 Å². The molecule has 0 saturated heterocycles. The number of carbonyl (C=O) groups is 2. The Morgan fingerprint density at radius 1 is 0.950 bits per heavy atom. The van der Waals surface area contributed by atoms with Gasteiger partial charge >= 0.3 is 57.4 Å². The van der Waals surface area contributed by atoms with Gasteiger partial charge in [-0.3, -0.25) is 9.59 Å². The summed E-state index contributed by atoms with van der Waals surface area (Å²) in [6, 6.07) is 0. The molecule has 0 aromatic carbocycles. The molecule has 0 atom stereocenters. The van der Waals surface area contributed by atoms with Gasteiger partial charge in [0.15, 0.2) is 0 Å². The van der Waals surface area contributed by atoms with Crippen LogP contribution in [-0.2, 0) is 9.59 Å². The third-order valence-corrected chi connectivity index (χ3v) is 3.29. The van der Waals surface area contributed by atoms with Crippen molar-refractivity contribution in [2.75, 3.05) is 13.6 Å². The number of aliphatic carboxylic acids is 1. The third kappa shape index (κ3) is 15.0. The third-order valence-electron chi connectivity index (χ3n) is 3.29. The molecule has 0 aliphatic rings. The van der Waals surface area contributed by atoms with E-state index in [0.717, 1.165) is 12.8 Å². The second-order valence-corrected chi connectivity index (χ2v) is 5.22. The average molecular weight is 312 g/mol. The minimum absolute atomic E-state index is 0. The van der Waals surface area contributed by atoms with Crippen molar-refractivity contribution < 1.29 is 67.5 Å². The van der Waals surface area contributed by atoms with E-state index in [1.54, 1.807) is 7.05 Å². The number of unbranched alkanes of at least 4 members (excludes halogenated alkanes) is 8. The van der Waals surface area contributed by atoms with Crippen molar-refractivity contribution in [3.8, 4) is 0 Å². The summed E-state index contributed by atoms with van der Waals surface area (Å²) >= 11 is 0. The monoisotopic (exact) mass is 311 g/mol. The van der Waals surface area contributed by atoms with E-state index in [-0.39, 0.29) is 65.3 Å². The molecule has 0 rings (SSSR count). The van der Waals surface area contributed by atoms with Gasteiger partial charge in [-0.1, -0.05) is 58.3 Å². The van der Waals surface area contributed by atoms with E-state index < -0.39 is 5.97 Å². The SMILES string of the molecule is CCCCCCCCCCCC(=O)N(C)CC(=O)O.[H-].[K+]. The van der Waals surface area contributed by atoms with Crippen molar-refractivity contribution >= 4 is 11.9 Å². The summed E-state index contributed by atoms with van der Waals surface area (Å²) in [7, 11) is 1.55. The van der Waals surface area contributed by atoms with Crippen molar-refractivity contribution in [1.29, 1.82) is 0 Å². The molecule has 1 N–H and O–H groups in total. The van der Waals surface area contributed by atoms with Crippen molar-refractivity contribution in [3.63, 3.8) is 0 Å². The van der Waals surface area contributed by atoms with E-state index in [4.69, 9.17) is 5.11 Å².